The predicted molar refractivity (Wildman–Crippen MR) is 148 cm³/mol. The van der Waals surface area contributed by atoms with E-state index in [2.05, 4.69) is 14.2 Å². The van der Waals surface area contributed by atoms with Gasteiger partial charge < -0.3 is 9.15 Å². The van der Waals surface area contributed by atoms with Crippen LogP contribution < -0.4 is 14.2 Å². The third-order valence-corrected chi connectivity index (χ3v) is 8.80. The van der Waals surface area contributed by atoms with Crippen molar-refractivity contribution in [2.24, 2.45) is 0 Å². The Morgan fingerprint density at radius 2 is 1.30 bits per heavy atom. The molecule has 0 aliphatic carbocycles. The van der Waals surface area contributed by atoms with E-state index in [1.54, 1.807) is 30.3 Å². The van der Waals surface area contributed by atoms with Gasteiger partial charge in [0, 0.05) is 10.9 Å². The van der Waals surface area contributed by atoms with Gasteiger partial charge in [0.05, 0.1) is 26.7 Å². The van der Waals surface area contributed by atoms with E-state index in [9.17, 15) is 43.2 Å². The second kappa shape index (κ2) is 11.1. The summed E-state index contributed by atoms with van der Waals surface area (Å²) in [5, 5.41) is 0.705. The molecule has 0 unspecified atom stereocenters. The van der Waals surface area contributed by atoms with Crippen molar-refractivity contribution in [3.8, 4) is 17.1 Å². The number of furan rings is 1. The van der Waals surface area contributed by atoms with E-state index >= 15 is 0 Å². The Morgan fingerprint density at radius 1 is 0.636 bits per heavy atom. The third-order valence-electron chi connectivity index (χ3n) is 6.06. The highest BCUT2D eigenvalue weighted by atomic mass is 32.2. The van der Waals surface area contributed by atoms with Crippen LogP contribution in [0.3, 0.4) is 0 Å². The number of fused-ring (bicyclic) bond motifs is 1. The Bertz CT molecular complexity index is 2020. The molecule has 0 fully saturated rings. The molecule has 5 aromatic rings. The molecule has 16 heteroatoms. The molecular formula is C28H18F6N2O6S2. The number of nitrogens with one attached hydrogen (secondary N) is 2. The van der Waals surface area contributed by atoms with Crippen molar-refractivity contribution in [3.05, 3.63) is 103 Å². The van der Waals surface area contributed by atoms with Crippen molar-refractivity contribution in [1.29, 1.82) is 0 Å². The van der Waals surface area contributed by atoms with Crippen molar-refractivity contribution in [1.82, 2.24) is 0 Å². The average Bonchev–Trinajstić information content (AvgIpc) is 3.37. The number of para-hydroxylation sites is 1. The van der Waals surface area contributed by atoms with E-state index in [-0.39, 0.29) is 22.7 Å². The fourth-order valence-corrected chi connectivity index (χ4v) is 6.26. The minimum Gasteiger partial charge on any atom is -0.456 e. The maximum absolute atomic E-state index is 13.3. The van der Waals surface area contributed by atoms with Crippen LogP contribution in [0.15, 0.2) is 111 Å². The molecule has 0 radical (unpaired) electrons. The summed E-state index contributed by atoms with van der Waals surface area (Å²) in [5.74, 6) is -0.415. The average molecular weight is 657 g/mol. The van der Waals surface area contributed by atoms with Gasteiger partial charge in [-0.2, -0.15) is 13.2 Å². The summed E-state index contributed by atoms with van der Waals surface area (Å²) in [7, 11) is -9.26. The first kappa shape index (κ1) is 30.7. The molecule has 0 atom stereocenters. The lowest BCUT2D eigenvalue weighted by Crippen LogP contribution is -2.19. The molecule has 0 aliphatic rings. The van der Waals surface area contributed by atoms with Crippen LogP contribution in [0, 0.1) is 0 Å². The Morgan fingerprint density at radius 3 is 1.95 bits per heavy atom. The van der Waals surface area contributed by atoms with E-state index in [0.717, 1.165) is 36.4 Å². The number of rotatable bonds is 8. The van der Waals surface area contributed by atoms with E-state index in [1.807, 2.05) is 0 Å². The lowest BCUT2D eigenvalue weighted by atomic mass is 10.1. The molecule has 230 valence electrons. The number of halogens is 6. The van der Waals surface area contributed by atoms with Gasteiger partial charge in [-0.05, 0) is 72.8 Å². The minimum atomic E-state index is -5.01. The summed E-state index contributed by atoms with van der Waals surface area (Å²) in [4.78, 5) is -1.25. The fourth-order valence-electron chi connectivity index (χ4n) is 4.06. The Kier molecular flexibility index (Phi) is 7.75. The summed E-state index contributed by atoms with van der Waals surface area (Å²) in [5.41, 5.74) is -1.19. The molecular weight excluding hydrogens is 638 g/mol. The minimum absolute atomic E-state index is 0.264. The number of hydrogen-bond donors (Lipinski definition) is 2. The van der Waals surface area contributed by atoms with Crippen LogP contribution in [0.1, 0.15) is 5.56 Å². The van der Waals surface area contributed by atoms with Gasteiger partial charge in [-0.1, -0.05) is 24.3 Å². The van der Waals surface area contributed by atoms with Crippen LogP contribution in [0.4, 0.5) is 37.7 Å². The third kappa shape index (κ3) is 6.92. The zero-order valence-electron chi connectivity index (χ0n) is 21.8. The molecule has 0 saturated heterocycles. The van der Waals surface area contributed by atoms with Crippen molar-refractivity contribution in [3.63, 3.8) is 0 Å². The highest BCUT2D eigenvalue weighted by molar-refractivity contribution is 7.93. The summed E-state index contributed by atoms with van der Waals surface area (Å²) < 4.78 is 144. The smallest absolute Gasteiger partial charge is 0.456 e. The van der Waals surface area contributed by atoms with E-state index in [0.29, 0.717) is 23.1 Å². The van der Waals surface area contributed by atoms with E-state index in [4.69, 9.17) is 4.42 Å². The summed E-state index contributed by atoms with van der Waals surface area (Å²) in [6, 6.07) is 18.5. The SMILES string of the molecule is O=S(=O)(Nc1ccc(-c2cc3ccccc3o2)cc1NS(=O)(=O)c1cccc(C(F)(F)F)c1)c1ccc(OC(F)(F)F)cc1. The molecule has 4 aromatic carbocycles. The van der Waals surface area contributed by atoms with Crippen LogP contribution in [0.25, 0.3) is 22.3 Å². The van der Waals surface area contributed by atoms with Crippen LogP contribution in [0.2, 0.25) is 0 Å². The largest absolute Gasteiger partial charge is 0.573 e. The number of sulfonamides is 2. The number of benzene rings is 4. The van der Waals surface area contributed by atoms with Gasteiger partial charge in [-0.3, -0.25) is 9.44 Å². The normalized spacial score (nSPS) is 12.7. The summed E-state index contributed by atoms with van der Waals surface area (Å²) in [6.07, 6.45) is -9.85. The Labute approximate surface area is 246 Å². The van der Waals surface area contributed by atoms with Gasteiger partial charge in [0.1, 0.15) is 17.1 Å². The van der Waals surface area contributed by atoms with Crippen molar-refractivity contribution in [2.45, 2.75) is 22.3 Å². The van der Waals surface area contributed by atoms with Gasteiger partial charge in [-0.25, -0.2) is 16.8 Å². The van der Waals surface area contributed by atoms with Crippen molar-refractivity contribution < 1.29 is 52.3 Å². The molecule has 1 heterocycles. The molecule has 0 aliphatic heterocycles. The van der Waals surface area contributed by atoms with Crippen LogP contribution in [-0.4, -0.2) is 23.2 Å². The number of hydrogen-bond acceptors (Lipinski definition) is 6. The van der Waals surface area contributed by atoms with E-state index in [1.165, 1.54) is 18.2 Å². The van der Waals surface area contributed by atoms with Crippen LogP contribution >= 0.6 is 0 Å². The standard InChI is InChI=1S/C28H18F6N2O6S2/c29-27(30,31)19-5-3-6-22(16-19)44(39,40)36-24-14-18(26-15-17-4-1-2-7-25(17)41-26)8-13-23(24)35-43(37,38)21-11-9-20(10-12-21)42-28(32,33)34/h1-16,35-36H. The van der Waals surface area contributed by atoms with Gasteiger partial charge in [0.2, 0.25) is 0 Å². The molecule has 2 N–H and O–H groups in total. The molecule has 8 nitrogen and oxygen atoms in total. The van der Waals surface area contributed by atoms with Crippen molar-refractivity contribution in [2.75, 3.05) is 9.44 Å². The molecule has 1 aromatic heterocycles. The second-order valence-electron chi connectivity index (χ2n) is 9.16. The first-order chi connectivity index (χ1) is 20.5. The zero-order chi connectivity index (χ0) is 31.9. The molecule has 0 amide bonds. The lowest BCUT2D eigenvalue weighted by Gasteiger charge is -2.17. The first-order valence-corrected chi connectivity index (χ1v) is 15.2. The Balaban J connectivity index is 1.54. The number of alkyl halides is 6. The second-order valence-corrected chi connectivity index (χ2v) is 12.5. The maximum atomic E-state index is 13.3. The van der Waals surface area contributed by atoms with E-state index < -0.39 is 53.7 Å². The molecule has 0 spiro atoms. The molecule has 0 bridgehead atoms. The highest BCUT2D eigenvalue weighted by Gasteiger charge is 2.33. The fraction of sp³-hybridized carbons (Fsp3) is 0.0714. The van der Waals surface area contributed by atoms with Crippen LogP contribution in [0.5, 0.6) is 5.75 Å². The summed E-state index contributed by atoms with van der Waals surface area (Å²) >= 11 is 0. The lowest BCUT2D eigenvalue weighted by molar-refractivity contribution is -0.274. The quantitative estimate of drug-likeness (QED) is 0.166. The van der Waals surface area contributed by atoms with Gasteiger partial charge in [0.25, 0.3) is 20.0 Å². The molecule has 5 rings (SSSR count). The topological polar surface area (TPSA) is 115 Å². The Hall–Kier alpha value is -4.70. The highest BCUT2D eigenvalue weighted by Crippen LogP contribution is 2.36. The zero-order valence-corrected chi connectivity index (χ0v) is 23.4. The number of ether oxygens (including phenoxy) is 1. The van der Waals surface area contributed by atoms with Crippen molar-refractivity contribution >= 4 is 42.4 Å². The van der Waals surface area contributed by atoms with Crippen LogP contribution in [-0.2, 0) is 26.2 Å². The monoisotopic (exact) mass is 656 g/mol. The van der Waals surface area contributed by atoms with Gasteiger partial charge in [-0.15, -0.1) is 13.2 Å². The van der Waals surface area contributed by atoms with Gasteiger partial charge >= 0.3 is 12.5 Å². The molecule has 44 heavy (non-hydrogen) atoms. The maximum Gasteiger partial charge on any atom is 0.573 e. The predicted octanol–water partition coefficient (Wildman–Crippen LogP) is 7.62. The first-order valence-electron chi connectivity index (χ1n) is 12.2. The molecule has 0 saturated carbocycles. The summed E-state index contributed by atoms with van der Waals surface area (Å²) in [6.45, 7) is 0. The number of anilines is 2. The van der Waals surface area contributed by atoms with Gasteiger partial charge in [0.15, 0.2) is 0 Å².